The van der Waals surface area contributed by atoms with Crippen LogP contribution in [0.4, 0.5) is 4.39 Å². The van der Waals surface area contributed by atoms with Crippen molar-refractivity contribution in [2.75, 3.05) is 0 Å². The van der Waals surface area contributed by atoms with E-state index in [1.165, 1.54) is 6.07 Å². The molecule has 1 aliphatic carbocycles. The number of fused-ring (bicyclic) bond motifs is 1. The van der Waals surface area contributed by atoms with Crippen molar-refractivity contribution in [3.8, 4) is 6.07 Å². The summed E-state index contributed by atoms with van der Waals surface area (Å²) in [6.45, 7) is 6.45. The summed E-state index contributed by atoms with van der Waals surface area (Å²) in [5.41, 5.74) is 0.504. The van der Waals surface area contributed by atoms with Gasteiger partial charge in [0.05, 0.1) is 12.1 Å². The van der Waals surface area contributed by atoms with E-state index >= 15 is 0 Å². The normalized spacial score (nSPS) is 35.5. The van der Waals surface area contributed by atoms with Gasteiger partial charge in [0.15, 0.2) is 0 Å². The predicted molar refractivity (Wildman–Crippen MR) is 79.7 cm³/mol. The van der Waals surface area contributed by atoms with Crippen molar-refractivity contribution in [1.82, 2.24) is 5.32 Å². The molecule has 1 saturated carbocycles. The van der Waals surface area contributed by atoms with Gasteiger partial charge in [0, 0.05) is 15.9 Å². The number of hydrogen-bond donors (Lipinski definition) is 1. The molecule has 1 N–H and O–H groups in total. The van der Waals surface area contributed by atoms with Gasteiger partial charge in [-0.15, -0.1) is 0 Å². The zero-order valence-corrected chi connectivity index (χ0v) is 13.5. The molecule has 1 heterocycles. The Bertz CT molecular complexity index is 601. The predicted octanol–water partition coefficient (Wildman–Crippen LogP) is 3.76. The molecule has 0 amide bonds. The van der Waals surface area contributed by atoms with Crippen LogP contribution in [0.25, 0.3) is 0 Å². The van der Waals surface area contributed by atoms with Crippen LogP contribution < -0.4 is 5.32 Å². The van der Waals surface area contributed by atoms with Crippen molar-refractivity contribution in [2.45, 2.75) is 44.7 Å². The Balaban J connectivity index is 2.11. The molecule has 1 aromatic rings. The van der Waals surface area contributed by atoms with E-state index in [0.29, 0.717) is 0 Å². The average molecular weight is 337 g/mol. The maximum atomic E-state index is 14.4. The molecule has 20 heavy (non-hydrogen) atoms. The number of piperidine rings is 1. The van der Waals surface area contributed by atoms with Crippen molar-refractivity contribution in [1.29, 1.82) is 5.26 Å². The molecule has 1 saturated heterocycles. The van der Waals surface area contributed by atoms with Crippen LogP contribution in [0, 0.1) is 28.5 Å². The van der Waals surface area contributed by atoms with Gasteiger partial charge in [-0.05, 0) is 41.5 Å². The van der Waals surface area contributed by atoms with E-state index < -0.39 is 0 Å². The molecule has 4 atom stereocenters. The van der Waals surface area contributed by atoms with Gasteiger partial charge in [0.2, 0.25) is 0 Å². The minimum Gasteiger partial charge on any atom is -0.297 e. The van der Waals surface area contributed by atoms with Crippen molar-refractivity contribution in [3.63, 3.8) is 0 Å². The third kappa shape index (κ3) is 1.83. The fourth-order valence-electron chi connectivity index (χ4n) is 3.97. The van der Waals surface area contributed by atoms with Crippen molar-refractivity contribution in [3.05, 3.63) is 34.1 Å². The summed E-state index contributed by atoms with van der Waals surface area (Å²) < 4.78 is 15.2. The summed E-state index contributed by atoms with van der Waals surface area (Å²) in [5.74, 6) is 0.0610. The van der Waals surface area contributed by atoms with Gasteiger partial charge in [-0.25, -0.2) is 4.39 Å². The van der Waals surface area contributed by atoms with E-state index in [4.69, 9.17) is 0 Å². The van der Waals surface area contributed by atoms with Crippen molar-refractivity contribution < 1.29 is 4.39 Å². The fraction of sp³-hybridized carbons (Fsp3) is 0.562. The van der Waals surface area contributed by atoms with Gasteiger partial charge in [-0.3, -0.25) is 5.32 Å². The first-order valence-electron chi connectivity index (χ1n) is 6.92. The van der Waals surface area contributed by atoms with Gasteiger partial charge < -0.3 is 0 Å². The van der Waals surface area contributed by atoms with Crippen LogP contribution >= 0.6 is 15.9 Å². The number of rotatable bonds is 1. The molecule has 2 unspecified atom stereocenters. The SMILES string of the molecule is CC(C)(C)C1NC(C#N)[C@@H]2C[C@]12c1cc(Br)ccc1F. The largest absolute Gasteiger partial charge is 0.297 e. The van der Waals surface area contributed by atoms with E-state index in [1.54, 1.807) is 6.07 Å². The summed E-state index contributed by atoms with van der Waals surface area (Å²) in [6, 6.07) is 7.42. The third-order valence-electron chi connectivity index (χ3n) is 4.76. The van der Waals surface area contributed by atoms with Crippen LogP contribution in [0.5, 0.6) is 0 Å². The fourth-order valence-corrected chi connectivity index (χ4v) is 4.33. The number of nitrogens with zero attached hydrogens (tertiary/aromatic N) is 1. The van der Waals surface area contributed by atoms with Crippen molar-refractivity contribution >= 4 is 15.9 Å². The molecular weight excluding hydrogens is 319 g/mol. The van der Waals surface area contributed by atoms with Crippen molar-refractivity contribution in [2.24, 2.45) is 11.3 Å². The van der Waals surface area contributed by atoms with Gasteiger partial charge in [-0.1, -0.05) is 36.7 Å². The molecule has 2 fully saturated rings. The Hall–Kier alpha value is -0.920. The first-order valence-corrected chi connectivity index (χ1v) is 7.71. The van der Waals surface area contributed by atoms with Gasteiger partial charge >= 0.3 is 0 Å². The van der Waals surface area contributed by atoms with Crippen LogP contribution in [0.3, 0.4) is 0 Å². The Labute approximate surface area is 127 Å². The van der Waals surface area contributed by atoms with E-state index in [2.05, 4.69) is 48.1 Å². The van der Waals surface area contributed by atoms with Gasteiger partial charge in [0.25, 0.3) is 0 Å². The molecule has 0 radical (unpaired) electrons. The zero-order chi connectivity index (χ0) is 14.7. The summed E-state index contributed by atoms with van der Waals surface area (Å²) in [7, 11) is 0. The second kappa shape index (κ2) is 4.29. The van der Waals surface area contributed by atoms with Gasteiger partial charge in [0.1, 0.15) is 5.82 Å². The summed E-state index contributed by atoms with van der Waals surface area (Å²) in [4.78, 5) is 0. The van der Waals surface area contributed by atoms with Gasteiger partial charge in [-0.2, -0.15) is 5.26 Å². The molecule has 1 aliphatic heterocycles. The minimum absolute atomic E-state index is 0.0187. The first kappa shape index (κ1) is 14.0. The average Bonchev–Trinajstić information content (AvgIpc) is 3.00. The highest BCUT2D eigenvalue weighted by Crippen LogP contribution is 2.65. The van der Waals surface area contributed by atoms with E-state index in [0.717, 1.165) is 16.5 Å². The number of hydrogen-bond acceptors (Lipinski definition) is 2. The Kier molecular flexibility index (Phi) is 3.01. The number of benzene rings is 1. The molecule has 4 heteroatoms. The Morgan fingerprint density at radius 3 is 2.75 bits per heavy atom. The molecule has 0 bridgehead atoms. The topological polar surface area (TPSA) is 35.8 Å². The quantitative estimate of drug-likeness (QED) is 0.847. The monoisotopic (exact) mass is 336 g/mol. The van der Waals surface area contributed by atoms with Crippen LogP contribution in [0.2, 0.25) is 0 Å². The first-order chi connectivity index (χ1) is 9.30. The number of nitriles is 1. The molecule has 1 aromatic carbocycles. The molecule has 106 valence electrons. The smallest absolute Gasteiger partial charge is 0.127 e. The third-order valence-corrected chi connectivity index (χ3v) is 5.25. The molecule has 2 nitrogen and oxygen atoms in total. The Morgan fingerprint density at radius 2 is 2.15 bits per heavy atom. The van der Waals surface area contributed by atoms with E-state index in [-0.39, 0.29) is 34.6 Å². The molecule has 0 spiro atoms. The standard InChI is InChI=1S/C16H18BrFN2/c1-15(2,3)14-16(7-11(16)13(8-19)20-14)10-6-9(17)4-5-12(10)18/h4-6,11,13-14,20H,7H2,1-3H3/t11-,13?,14?,16+/m0/s1. The molecule has 2 aliphatic rings. The zero-order valence-electron chi connectivity index (χ0n) is 11.9. The highest BCUT2D eigenvalue weighted by molar-refractivity contribution is 9.10. The maximum Gasteiger partial charge on any atom is 0.127 e. The van der Waals surface area contributed by atoms with E-state index in [9.17, 15) is 9.65 Å². The summed E-state index contributed by atoms with van der Waals surface area (Å²) >= 11 is 3.44. The second-order valence-electron chi connectivity index (χ2n) is 7.05. The molecular formula is C16H18BrFN2. The number of nitrogens with one attached hydrogen (secondary N) is 1. The van der Waals surface area contributed by atoms with Crippen LogP contribution in [-0.2, 0) is 5.41 Å². The summed E-state index contributed by atoms with van der Waals surface area (Å²) in [5, 5.41) is 12.7. The van der Waals surface area contributed by atoms with Crippen LogP contribution in [-0.4, -0.2) is 12.1 Å². The highest BCUT2D eigenvalue weighted by Gasteiger charge is 2.70. The lowest BCUT2D eigenvalue weighted by atomic mass is 9.74. The highest BCUT2D eigenvalue weighted by atomic mass is 79.9. The molecule has 0 aromatic heterocycles. The maximum absolute atomic E-state index is 14.4. The lowest BCUT2D eigenvalue weighted by Crippen LogP contribution is -2.47. The van der Waals surface area contributed by atoms with Crippen LogP contribution in [0.15, 0.2) is 22.7 Å². The lowest BCUT2D eigenvalue weighted by molar-refractivity contribution is 0.241. The number of halogens is 2. The Morgan fingerprint density at radius 1 is 1.45 bits per heavy atom. The van der Waals surface area contributed by atoms with Crippen LogP contribution in [0.1, 0.15) is 32.8 Å². The second-order valence-corrected chi connectivity index (χ2v) is 7.96. The minimum atomic E-state index is -0.230. The van der Waals surface area contributed by atoms with E-state index in [1.807, 2.05) is 6.07 Å². The lowest BCUT2D eigenvalue weighted by Gasteiger charge is -2.36. The molecule has 3 rings (SSSR count). The summed E-state index contributed by atoms with van der Waals surface area (Å²) in [6.07, 6.45) is 0.896.